The molecule has 0 bridgehead atoms. The second kappa shape index (κ2) is 10.3. The molecule has 1 heterocycles. The first-order chi connectivity index (χ1) is 14.9. The molecule has 2 aromatic carbocycles. The topological polar surface area (TPSA) is 82.5 Å². The highest BCUT2D eigenvalue weighted by atomic mass is 79.9. The molecule has 31 heavy (non-hydrogen) atoms. The monoisotopic (exact) mass is 485 g/mol. The zero-order chi connectivity index (χ0) is 22.4. The summed E-state index contributed by atoms with van der Waals surface area (Å²) in [5.41, 5.74) is 1.68. The van der Waals surface area contributed by atoms with Gasteiger partial charge >= 0.3 is 5.97 Å². The Bertz CT molecular complexity index is 1080. The third-order valence-electron chi connectivity index (χ3n) is 4.29. The molecule has 0 aliphatic carbocycles. The van der Waals surface area contributed by atoms with Crippen LogP contribution in [-0.4, -0.2) is 27.8 Å². The Morgan fingerprint density at radius 1 is 1.16 bits per heavy atom. The van der Waals surface area contributed by atoms with Gasteiger partial charge in [-0.05, 0) is 66.5 Å². The van der Waals surface area contributed by atoms with Gasteiger partial charge in [0, 0.05) is 18.3 Å². The number of carbonyl (C=O) groups excluding carboxylic acids is 2. The highest BCUT2D eigenvalue weighted by Gasteiger charge is 2.21. The van der Waals surface area contributed by atoms with Crippen molar-refractivity contribution in [3.05, 3.63) is 76.0 Å². The maximum Gasteiger partial charge on any atom is 0.361 e. The van der Waals surface area contributed by atoms with Crippen LogP contribution >= 0.6 is 15.9 Å². The maximum atomic E-state index is 12.8. The van der Waals surface area contributed by atoms with E-state index in [1.165, 1.54) is 0 Å². The molecular weight excluding hydrogens is 462 g/mol. The molecule has 0 aliphatic rings. The Morgan fingerprint density at radius 2 is 1.94 bits per heavy atom. The number of ether oxygens (including phenoxy) is 2. The number of nitrogens with one attached hydrogen (secondary N) is 1. The summed E-state index contributed by atoms with van der Waals surface area (Å²) in [4.78, 5) is 25.2. The quantitative estimate of drug-likeness (QED) is 0.450. The summed E-state index contributed by atoms with van der Waals surface area (Å²) < 4.78 is 13.5. The summed E-state index contributed by atoms with van der Waals surface area (Å²) in [6.07, 6.45) is 1.33. The van der Waals surface area contributed by atoms with Gasteiger partial charge in [-0.3, -0.25) is 9.48 Å². The van der Waals surface area contributed by atoms with Crippen molar-refractivity contribution in [2.75, 3.05) is 5.32 Å². The van der Waals surface area contributed by atoms with Crippen molar-refractivity contribution in [2.24, 2.45) is 0 Å². The van der Waals surface area contributed by atoms with Gasteiger partial charge in [-0.25, -0.2) is 4.79 Å². The molecule has 0 radical (unpaired) electrons. The Labute approximate surface area is 189 Å². The van der Waals surface area contributed by atoms with E-state index >= 15 is 0 Å². The van der Waals surface area contributed by atoms with Crippen molar-refractivity contribution in [1.29, 1.82) is 0 Å². The van der Waals surface area contributed by atoms with Crippen LogP contribution in [0.2, 0.25) is 0 Å². The van der Waals surface area contributed by atoms with E-state index in [1.54, 1.807) is 42.9 Å². The van der Waals surface area contributed by atoms with E-state index in [1.807, 2.05) is 37.3 Å². The van der Waals surface area contributed by atoms with E-state index < -0.39 is 5.97 Å². The molecule has 1 N–H and O–H groups in total. The van der Waals surface area contributed by atoms with Crippen LogP contribution in [0.3, 0.4) is 0 Å². The number of halogens is 1. The first-order valence-electron chi connectivity index (χ1n) is 9.93. The average molecular weight is 486 g/mol. The number of hydrogen-bond acceptors (Lipinski definition) is 5. The molecule has 1 amide bonds. The SMILES string of the molecule is CCn1cc(NC(=O)c2cccc(COc3ccccc3Br)c2)c(C(=O)OC(C)C)n1. The van der Waals surface area contributed by atoms with Gasteiger partial charge in [0.05, 0.1) is 16.3 Å². The van der Waals surface area contributed by atoms with Crippen LogP contribution in [0.25, 0.3) is 0 Å². The van der Waals surface area contributed by atoms with Gasteiger partial charge < -0.3 is 14.8 Å². The molecule has 0 aliphatic heterocycles. The first-order valence-corrected chi connectivity index (χ1v) is 10.7. The molecular formula is C23H24BrN3O4. The summed E-state index contributed by atoms with van der Waals surface area (Å²) in [6, 6.07) is 14.7. The summed E-state index contributed by atoms with van der Waals surface area (Å²) >= 11 is 3.45. The summed E-state index contributed by atoms with van der Waals surface area (Å²) in [5, 5.41) is 6.99. The number of anilines is 1. The third-order valence-corrected chi connectivity index (χ3v) is 4.95. The standard InChI is InChI=1S/C23H24BrN3O4/c1-4-27-13-19(21(26-27)23(29)31-15(2)3)25-22(28)17-9-7-8-16(12-17)14-30-20-11-6-5-10-18(20)24/h5-13,15H,4,14H2,1-3H3,(H,25,28). The normalized spacial score (nSPS) is 10.7. The minimum absolute atomic E-state index is 0.0808. The molecule has 3 aromatic rings. The van der Waals surface area contributed by atoms with Crippen molar-refractivity contribution >= 4 is 33.5 Å². The van der Waals surface area contributed by atoms with Gasteiger partial charge in [-0.2, -0.15) is 5.10 Å². The van der Waals surface area contributed by atoms with Gasteiger partial charge in [0.25, 0.3) is 5.91 Å². The number of esters is 1. The number of benzene rings is 2. The van der Waals surface area contributed by atoms with Crippen LogP contribution in [0.15, 0.2) is 59.2 Å². The molecule has 0 saturated heterocycles. The van der Waals surface area contributed by atoms with Crippen molar-refractivity contribution in [3.63, 3.8) is 0 Å². The van der Waals surface area contributed by atoms with Gasteiger partial charge in [0.1, 0.15) is 12.4 Å². The van der Waals surface area contributed by atoms with Crippen molar-refractivity contribution in [3.8, 4) is 5.75 Å². The highest BCUT2D eigenvalue weighted by Crippen LogP contribution is 2.25. The van der Waals surface area contributed by atoms with E-state index in [9.17, 15) is 9.59 Å². The molecule has 0 saturated carbocycles. The Morgan fingerprint density at radius 3 is 2.65 bits per heavy atom. The molecule has 8 heteroatoms. The number of amides is 1. The van der Waals surface area contributed by atoms with Crippen molar-refractivity contribution in [2.45, 2.75) is 40.0 Å². The fraction of sp³-hybridized carbons (Fsp3) is 0.261. The fourth-order valence-electron chi connectivity index (χ4n) is 2.82. The molecule has 3 rings (SSSR count). The second-order valence-electron chi connectivity index (χ2n) is 7.07. The van der Waals surface area contributed by atoms with Crippen molar-refractivity contribution < 1.29 is 19.1 Å². The molecule has 0 fully saturated rings. The van der Waals surface area contributed by atoms with Gasteiger partial charge in [-0.1, -0.05) is 24.3 Å². The zero-order valence-corrected chi connectivity index (χ0v) is 19.2. The average Bonchev–Trinajstić information content (AvgIpc) is 3.16. The summed E-state index contributed by atoms with van der Waals surface area (Å²) in [7, 11) is 0. The van der Waals surface area contributed by atoms with Gasteiger partial charge in [-0.15, -0.1) is 0 Å². The molecule has 0 atom stereocenters. The highest BCUT2D eigenvalue weighted by molar-refractivity contribution is 9.10. The fourth-order valence-corrected chi connectivity index (χ4v) is 3.21. The van der Waals surface area contributed by atoms with E-state index in [-0.39, 0.29) is 17.7 Å². The van der Waals surface area contributed by atoms with Crippen LogP contribution in [0.1, 0.15) is 47.2 Å². The number of carbonyl (C=O) groups is 2. The number of aryl methyl sites for hydroxylation is 1. The molecule has 162 valence electrons. The van der Waals surface area contributed by atoms with Crippen LogP contribution in [-0.2, 0) is 17.9 Å². The van der Waals surface area contributed by atoms with Gasteiger partial charge in [0.15, 0.2) is 5.69 Å². The number of aromatic nitrogens is 2. The number of rotatable bonds is 8. The lowest BCUT2D eigenvalue weighted by Gasteiger charge is -2.10. The van der Waals surface area contributed by atoms with E-state index in [2.05, 4.69) is 26.3 Å². The lowest BCUT2D eigenvalue weighted by molar-refractivity contribution is 0.0371. The van der Waals surface area contributed by atoms with Crippen molar-refractivity contribution in [1.82, 2.24) is 9.78 Å². The maximum absolute atomic E-state index is 12.8. The molecule has 1 aromatic heterocycles. The van der Waals surface area contributed by atoms with Crippen LogP contribution < -0.4 is 10.1 Å². The summed E-state index contributed by atoms with van der Waals surface area (Å²) in [6.45, 7) is 6.27. The number of hydrogen-bond donors (Lipinski definition) is 1. The van der Waals surface area contributed by atoms with Gasteiger partial charge in [0.2, 0.25) is 0 Å². The third kappa shape index (κ3) is 5.95. The summed E-state index contributed by atoms with van der Waals surface area (Å²) in [5.74, 6) is -0.206. The Hall–Kier alpha value is -3.13. The molecule has 0 unspecified atom stereocenters. The Balaban J connectivity index is 1.74. The lowest BCUT2D eigenvalue weighted by Crippen LogP contribution is -2.17. The van der Waals surface area contributed by atoms with E-state index in [0.717, 1.165) is 15.8 Å². The second-order valence-corrected chi connectivity index (χ2v) is 7.93. The van der Waals surface area contributed by atoms with Crippen LogP contribution in [0.5, 0.6) is 5.75 Å². The van der Waals surface area contributed by atoms with E-state index in [0.29, 0.717) is 24.4 Å². The smallest absolute Gasteiger partial charge is 0.361 e. The Kier molecular flexibility index (Phi) is 7.46. The zero-order valence-electron chi connectivity index (χ0n) is 17.6. The van der Waals surface area contributed by atoms with Crippen LogP contribution in [0, 0.1) is 0 Å². The minimum Gasteiger partial charge on any atom is -0.488 e. The predicted octanol–water partition coefficient (Wildman–Crippen LogP) is 5.06. The lowest BCUT2D eigenvalue weighted by atomic mass is 10.1. The van der Waals surface area contributed by atoms with E-state index in [4.69, 9.17) is 9.47 Å². The molecule has 7 nitrogen and oxygen atoms in total. The number of para-hydroxylation sites is 1. The minimum atomic E-state index is -0.576. The largest absolute Gasteiger partial charge is 0.488 e. The predicted molar refractivity (Wildman–Crippen MR) is 121 cm³/mol. The molecule has 0 spiro atoms. The van der Waals surface area contributed by atoms with Crippen LogP contribution in [0.4, 0.5) is 5.69 Å². The number of nitrogens with zero attached hydrogens (tertiary/aromatic N) is 2. The first kappa shape index (κ1) is 22.6.